The SMILES string of the molecule is CSc1nc2c(ccc3c4ccc5sc(SC)nc5c4ccc32)s1. The zero-order chi connectivity index (χ0) is 16.3. The molecule has 0 radical (unpaired) electrons. The van der Waals surface area contributed by atoms with E-state index < -0.39 is 0 Å². The summed E-state index contributed by atoms with van der Waals surface area (Å²) < 4.78 is 4.76. The summed E-state index contributed by atoms with van der Waals surface area (Å²) in [5.41, 5.74) is 2.24. The molecule has 0 aliphatic rings. The first kappa shape index (κ1) is 15.0. The smallest absolute Gasteiger partial charge is 0.150 e. The second kappa shape index (κ2) is 5.59. The molecule has 0 fully saturated rings. The van der Waals surface area contributed by atoms with Crippen LogP contribution in [0.25, 0.3) is 42.0 Å². The second-order valence-electron chi connectivity index (χ2n) is 5.45. The zero-order valence-electron chi connectivity index (χ0n) is 13.0. The molecule has 0 aliphatic heterocycles. The minimum Gasteiger partial charge on any atom is -0.229 e. The topological polar surface area (TPSA) is 25.8 Å². The molecule has 0 unspecified atom stereocenters. The third kappa shape index (κ3) is 2.10. The predicted molar refractivity (Wildman–Crippen MR) is 111 cm³/mol. The van der Waals surface area contributed by atoms with Crippen LogP contribution in [0.5, 0.6) is 0 Å². The zero-order valence-corrected chi connectivity index (χ0v) is 16.3. The molecule has 2 aromatic heterocycles. The predicted octanol–water partition coefficient (Wildman–Crippen LogP) is 6.66. The fraction of sp³-hybridized carbons (Fsp3) is 0.111. The van der Waals surface area contributed by atoms with Crippen LogP contribution < -0.4 is 0 Å². The molecule has 24 heavy (non-hydrogen) atoms. The molecule has 3 aromatic carbocycles. The monoisotopic (exact) mass is 384 g/mol. The van der Waals surface area contributed by atoms with E-state index in [9.17, 15) is 0 Å². The summed E-state index contributed by atoms with van der Waals surface area (Å²) in [4.78, 5) is 9.62. The molecule has 2 nitrogen and oxygen atoms in total. The average molecular weight is 385 g/mol. The van der Waals surface area contributed by atoms with E-state index in [1.54, 1.807) is 46.2 Å². The third-order valence-corrected chi connectivity index (χ3v) is 8.23. The van der Waals surface area contributed by atoms with Crippen LogP contribution in [0.1, 0.15) is 0 Å². The fourth-order valence-electron chi connectivity index (χ4n) is 3.14. The van der Waals surface area contributed by atoms with Gasteiger partial charge in [0.15, 0.2) is 8.68 Å². The van der Waals surface area contributed by atoms with Crippen LogP contribution >= 0.6 is 46.2 Å². The number of fused-ring (bicyclic) bond motifs is 7. The molecule has 0 saturated heterocycles. The Morgan fingerprint density at radius 3 is 1.46 bits per heavy atom. The highest BCUT2D eigenvalue weighted by atomic mass is 32.2. The molecule has 2 heterocycles. The minimum absolute atomic E-state index is 1.12. The van der Waals surface area contributed by atoms with Crippen molar-refractivity contribution in [1.82, 2.24) is 9.97 Å². The second-order valence-corrected chi connectivity index (χ2v) is 9.62. The summed E-state index contributed by atoms with van der Waals surface area (Å²) in [6.45, 7) is 0. The van der Waals surface area contributed by atoms with Crippen LogP contribution in [-0.2, 0) is 0 Å². The highest BCUT2D eigenvalue weighted by Gasteiger charge is 2.12. The van der Waals surface area contributed by atoms with E-state index in [0.29, 0.717) is 0 Å². The Bertz CT molecular complexity index is 1140. The van der Waals surface area contributed by atoms with Gasteiger partial charge in [-0.2, -0.15) is 0 Å². The van der Waals surface area contributed by atoms with Crippen LogP contribution in [0, 0.1) is 0 Å². The summed E-state index contributed by atoms with van der Waals surface area (Å²) in [6, 6.07) is 13.3. The maximum absolute atomic E-state index is 4.81. The average Bonchev–Trinajstić information content (AvgIpc) is 3.24. The Labute approximate surface area is 155 Å². The van der Waals surface area contributed by atoms with Gasteiger partial charge in [-0.15, -0.1) is 22.7 Å². The van der Waals surface area contributed by atoms with E-state index in [2.05, 4.69) is 48.9 Å². The van der Waals surface area contributed by atoms with Crippen molar-refractivity contribution in [2.24, 2.45) is 0 Å². The Hall–Kier alpha value is -1.34. The van der Waals surface area contributed by atoms with Gasteiger partial charge in [0, 0.05) is 10.8 Å². The van der Waals surface area contributed by atoms with Crippen LogP contribution in [0.15, 0.2) is 45.1 Å². The van der Waals surface area contributed by atoms with Gasteiger partial charge in [0.25, 0.3) is 0 Å². The quantitative estimate of drug-likeness (QED) is 0.251. The van der Waals surface area contributed by atoms with Crippen LogP contribution in [-0.4, -0.2) is 22.5 Å². The first-order valence-electron chi connectivity index (χ1n) is 7.42. The molecule has 0 bridgehead atoms. The van der Waals surface area contributed by atoms with Crippen molar-refractivity contribution in [3.63, 3.8) is 0 Å². The molecular weight excluding hydrogens is 372 g/mol. The van der Waals surface area contributed by atoms with E-state index in [0.717, 1.165) is 19.7 Å². The maximum Gasteiger partial charge on any atom is 0.150 e. The normalized spacial score (nSPS) is 12.1. The Kier molecular flexibility index (Phi) is 3.49. The standard InChI is InChI=1S/C18H12N2S4/c1-21-17-19-15-11-3-4-12-10(9(11)5-7-13(15)23-17)6-8-14-16(12)20-18(22-2)24-14/h3-8H,1-2H3. The van der Waals surface area contributed by atoms with E-state index in [-0.39, 0.29) is 0 Å². The van der Waals surface area contributed by atoms with Crippen molar-refractivity contribution in [3.05, 3.63) is 36.4 Å². The van der Waals surface area contributed by atoms with Gasteiger partial charge >= 0.3 is 0 Å². The number of nitrogens with zero attached hydrogens (tertiary/aromatic N) is 2. The Morgan fingerprint density at radius 2 is 1.04 bits per heavy atom. The molecule has 0 atom stereocenters. The highest BCUT2D eigenvalue weighted by Crippen LogP contribution is 2.39. The summed E-state index contributed by atoms with van der Waals surface area (Å²) in [6.07, 6.45) is 4.16. The lowest BCUT2D eigenvalue weighted by atomic mass is 10.0. The van der Waals surface area contributed by atoms with Gasteiger partial charge in [0.05, 0.1) is 20.4 Å². The molecule has 0 N–H and O–H groups in total. The van der Waals surface area contributed by atoms with E-state index >= 15 is 0 Å². The van der Waals surface area contributed by atoms with Crippen molar-refractivity contribution >= 4 is 88.2 Å². The van der Waals surface area contributed by atoms with Crippen molar-refractivity contribution in [2.75, 3.05) is 12.5 Å². The van der Waals surface area contributed by atoms with Crippen LogP contribution in [0.2, 0.25) is 0 Å². The lowest BCUT2D eigenvalue weighted by Gasteiger charge is -2.05. The number of rotatable bonds is 2. The van der Waals surface area contributed by atoms with Crippen molar-refractivity contribution in [2.45, 2.75) is 8.68 Å². The fourth-order valence-corrected chi connectivity index (χ4v) is 6.13. The van der Waals surface area contributed by atoms with Gasteiger partial charge < -0.3 is 0 Å². The van der Waals surface area contributed by atoms with Gasteiger partial charge in [-0.1, -0.05) is 47.8 Å². The molecule has 5 aromatic rings. The number of thiazole rings is 2. The van der Waals surface area contributed by atoms with E-state index in [1.807, 2.05) is 0 Å². The summed E-state index contributed by atoms with van der Waals surface area (Å²) >= 11 is 6.95. The number of thioether (sulfide) groups is 2. The highest BCUT2D eigenvalue weighted by molar-refractivity contribution is 8.00. The number of aromatic nitrogens is 2. The van der Waals surface area contributed by atoms with Crippen molar-refractivity contribution in [3.8, 4) is 0 Å². The Morgan fingerprint density at radius 1 is 0.625 bits per heavy atom. The largest absolute Gasteiger partial charge is 0.229 e. The van der Waals surface area contributed by atoms with Crippen molar-refractivity contribution in [1.29, 1.82) is 0 Å². The van der Waals surface area contributed by atoms with Crippen LogP contribution in [0.3, 0.4) is 0 Å². The lowest BCUT2D eigenvalue weighted by Crippen LogP contribution is -1.81. The molecular formula is C18H12N2S4. The molecule has 0 saturated carbocycles. The number of hydrogen-bond donors (Lipinski definition) is 0. The minimum atomic E-state index is 1.12. The molecule has 5 rings (SSSR count). The number of hydrogen-bond acceptors (Lipinski definition) is 6. The first-order chi connectivity index (χ1) is 11.8. The van der Waals surface area contributed by atoms with Gasteiger partial charge in [0.2, 0.25) is 0 Å². The van der Waals surface area contributed by atoms with Gasteiger partial charge in [0.1, 0.15) is 0 Å². The van der Waals surface area contributed by atoms with Gasteiger partial charge in [-0.3, -0.25) is 0 Å². The Balaban J connectivity index is 1.92. The summed E-state index contributed by atoms with van der Waals surface area (Å²) in [5, 5.41) is 4.99. The summed E-state index contributed by atoms with van der Waals surface area (Å²) in [5.74, 6) is 0. The van der Waals surface area contributed by atoms with Crippen molar-refractivity contribution < 1.29 is 0 Å². The lowest BCUT2D eigenvalue weighted by molar-refractivity contribution is 1.31. The third-order valence-electron chi connectivity index (χ3n) is 4.22. The van der Waals surface area contributed by atoms with Gasteiger partial charge in [-0.05, 0) is 35.4 Å². The first-order valence-corrected chi connectivity index (χ1v) is 11.5. The molecule has 6 heteroatoms. The van der Waals surface area contributed by atoms with Crippen LogP contribution in [0.4, 0.5) is 0 Å². The molecule has 0 amide bonds. The molecule has 0 spiro atoms. The summed E-state index contributed by atoms with van der Waals surface area (Å²) in [7, 11) is 0. The maximum atomic E-state index is 4.81. The molecule has 118 valence electrons. The van der Waals surface area contributed by atoms with E-state index in [4.69, 9.17) is 9.97 Å². The van der Waals surface area contributed by atoms with Gasteiger partial charge in [-0.25, -0.2) is 9.97 Å². The molecule has 0 aliphatic carbocycles. The van der Waals surface area contributed by atoms with E-state index in [1.165, 1.54) is 30.9 Å². The number of benzene rings is 3.